The molecule has 0 amide bonds. The van der Waals surface area contributed by atoms with Gasteiger partial charge in [0.1, 0.15) is 0 Å². The Bertz CT molecular complexity index is 429. The van der Waals surface area contributed by atoms with Crippen LogP contribution >= 0.6 is 0 Å². The molecule has 0 N–H and O–H groups in total. The Morgan fingerprint density at radius 1 is 1.22 bits per heavy atom. The number of ether oxygens (including phenoxy) is 2. The highest BCUT2D eigenvalue weighted by Crippen LogP contribution is 2.72. The fourth-order valence-corrected chi connectivity index (χ4v) is 5.90. The van der Waals surface area contributed by atoms with Crippen molar-refractivity contribution < 1.29 is 14.3 Å². The van der Waals surface area contributed by atoms with Crippen LogP contribution in [0.3, 0.4) is 0 Å². The van der Waals surface area contributed by atoms with Gasteiger partial charge in [-0.1, -0.05) is 12.2 Å². The summed E-state index contributed by atoms with van der Waals surface area (Å²) in [5.74, 6) is 2.58. The Labute approximate surface area is 108 Å². The molecule has 18 heavy (non-hydrogen) atoms. The largest absolute Gasteiger partial charge is 0.469 e. The Morgan fingerprint density at radius 3 is 2.78 bits per heavy atom. The lowest BCUT2D eigenvalue weighted by atomic mass is 9.60. The molecule has 0 spiro atoms. The number of hydrogen-bond acceptors (Lipinski definition) is 3. The zero-order chi connectivity index (χ0) is 12.5. The topological polar surface area (TPSA) is 35.5 Å². The fourth-order valence-electron chi connectivity index (χ4n) is 5.90. The fraction of sp³-hybridized carbons (Fsp3) is 0.800. The third-order valence-corrected chi connectivity index (χ3v) is 6.27. The molecule has 4 bridgehead atoms. The molecule has 0 saturated heterocycles. The van der Waals surface area contributed by atoms with Crippen LogP contribution in [0.2, 0.25) is 0 Å². The molecule has 7 atom stereocenters. The standard InChI is InChI=1S/C15H20O3/c1-17-12-7-10-6-11(12)13-8-3-4-9(5-8)15(10,13)14(16)18-2/h3-4,8-13H,5-7H2,1-2H3. The van der Waals surface area contributed by atoms with Gasteiger partial charge in [0.2, 0.25) is 0 Å². The zero-order valence-corrected chi connectivity index (χ0v) is 11.0. The number of esters is 1. The maximum Gasteiger partial charge on any atom is 0.312 e. The molecule has 0 aromatic carbocycles. The van der Waals surface area contributed by atoms with Crippen LogP contribution in [0.25, 0.3) is 0 Å². The smallest absolute Gasteiger partial charge is 0.312 e. The Hall–Kier alpha value is -0.830. The molecular weight excluding hydrogens is 228 g/mol. The first-order chi connectivity index (χ1) is 8.73. The van der Waals surface area contributed by atoms with Crippen molar-refractivity contribution in [2.75, 3.05) is 14.2 Å². The van der Waals surface area contributed by atoms with Crippen molar-refractivity contribution >= 4 is 5.97 Å². The van der Waals surface area contributed by atoms with Gasteiger partial charge in [-0.25, -0.2) is 0 Å². The van der Waals surface area contributed by atoms with E-state index in [4.69, 9.17) is 9.47 Å². The lowest BCUT2D eigenvalue weighted by Gasteiger charge is -2.44. The molecule has 0 aromatic heterocycles. The normalized spacial score (nSPS) is 55.0. The molecule has 0 aliphatic heterocycles. The molecule has 0 heterocycles. The highest BCUT2D eigenvalue weighted by Gasteiger charge is 2.73. The first-order valence-corrected chi connectivity index (χ1v) is 7.03. The van der Waals surface area contributed by atoms with E-state index in [0.717, 1.165) is 19.3 Å². The van der Waals surface area contributed by atoms with E-state index in [9.17, 15) is 4.79 Å². The molecular formula is C15H20O3. The number of fused-ring (bicyclic) bond motifs is 9. The van der Waals surface area contributed by atoms with Gasteiger partial charge in [0.15, 0.2) is 0 Å². The Kier molecular flexibility index (Phi) is 2.07. The highest BCUT2D eigenvalue weighted by molar-refractivity contribution is 5.80. The summed E-state index contributed by atoms with van der Waals surface area (Å²) in [6, 6.07) is 0. The second-order valence-corrected chi connectivity index (χ2v) is 6.45. The lowest BCUT2D eigenvalue weighted by molar-refractivity contribution is -0.165. The minimum atomic E-state index is -0.201. The zero-order valence-electron chi connectivity index (χ0n) is 11.0. The maximum absolute atomic E-state index is 12.5. The predicted molar refractivity (Wildman–Crippen MR) is 65.7 cm³/mol. The average Bonchev–Trinajstić information content (AvgIpc) is 3.12. The van der Waals surface area contributed by atoms with Gasteiger partial charge in [-0.05, 0) is 48.9 Å². The minimum Gasteiger partial charge on any atom is -0.469 e. The quantitative estimate of drug-likeness (QED) is 0.426. The summed E-state index contributed by atoms with van der Waals surface area (Å²) in [7, 11) is 3.36. The van der Waals surface area contributed by atoms with Gasteiger partial charge in [-0.2, -0.15) is 0 Å². The molecule has 4 rings (SSSR count). The number of rotatable bonds is 2. The van der Waals surface area contributed by atoms with Crippen LogP contribution in [0.5, 0.6) is 0 Å². The lowest BCUT2D eigenvalue weighted by Crippen LogP contribution is -2.50. The molecule has 4 aliphatic carbocycles. The molecule has 0 aromatic rings. The van der Waals surface area contributed by atoms with Crippen molar-refractivity contribution in [1.29, 1.82) is 0 Å². The van der Waals surface area contributed by atoms with Gasteiger partial charge in [-0.3, -0.25) is 4.79 Å². The molecule has 98 valence electrons. The summed E-state index contributed by atoms with van der Waals surface area (Å²) in [4.78, 5) is 12.5. The van der Waals surface area contributed by atoms with Crippen molar-refractivity contribution in [1.82, 2.24) is 0 Å². The first kappa shape index (κ1) is 11.0. The summed E-state index contributed by atoms with van der Waals surface area (Å²) in [6.07, 6.45) is 8.34. The predicted octanol–water partition coefficient (Wildman–Crippen LogP) is 2.02. The number of carbonyl (C=O) groups excluding carboxylic acids is 1. The van der Waals surface area contributed by atoms with Crippen LogP contribution in [0.1, 0.15) is 19.3 Å². The molecule has 4 aliphatic rings. The summed E-state index contributed by atoms with van der Waals surface area (Å²) >= 11 is 0. The second-order valence-electron chi connectivity index (χ2n) is 6.45. The molecule has 0 radical (unpaired) electrons. The summed E-state index contributed by atoms with van der Waals surface area (Å²) in [5.41, 5.74) is -0.201. The van der Waals surface area contributed by atoms with Crippen molar-refractivity contribution in [2.24, 2.45) is 35.0 Å². The van der Waals surface area contributed by atoms with E-state index in [0.29, 0.717) is 35.7 Å². The van der Waals surface area contributed by atoms with E-state index in [1.54, 1.807) is 7.11 Å². The van der Waals surface area contributed by atoms with Crippen molar-refractivity contribution in [3.8, 4) is 0 Å². The van der Waals surface area contributed by atoms with Crippen LogP contribution in [-0.2, 0) is 14.3 Å². The van der Waals surface area contributed by atoms with Crippen molar-refractivity contribution in [2.45, 2.75) is 25.4 Å². The monoisotopic (exact) mass is 248 g/mol. The second kappa shape index (κ2) is 3.38. The van der Waals surface area contributed by atoms with Gasteiger partial charge < -0.3 is 9.47 Å². The van der Waals surface area contributed by atoms with Gasteiger partial charge in [-0.15, -0.1) is 0 Å². The van der Waals surface area contributed by atoms with Gasteiger partial charge in [0, 0.05) is 7.11 Å². The van der Waals surface area contributed by atoms with Crippen LogP contribution in [0, 0.1) is 35.0 Å². The first-order valence-electron chi connectivity index (χ1n) is 7.03. The van der Waals surface area contributed by atoms with E-state index in [2.05, 4.69) is 12.2 Å². The number of carbonyl (C=O) groups is 1. The third kappa shape index (κ3) is 0.965. The van der Waals surface area contributed by atoms with E-state index >= 15 is 0 Å². The summed E-state index contributed by atoms with van der Waals surface area (Å²) in [6.45, 7) is 0. The van der Waals surface area contributed by atoms with Gasteiger partial charge >= 0.3 is 5.97 Å². The van der Waals surface area contributed by atoms with Crippen molar-refractivity contribution in [3.63, 3.8) is 0 Å². The third-order valence-electron chi connectivity index (χ3n) is 6.27. The van der Waals surface area contributed by atoms with Crippen molar-refractivity contribution in [3.05, 3.63) is 12.2 Å². The van der Waals surface area contributed by atoms with E-state index < -0.39 is 0 Å². The number of hydrogen-bond donors (Lipinski definition) is 0. The Balaban J connectivity index is 1.81. The molecule has 3 heteroatoms. The Morgan fingerprint density at radius 2 is 2.06 bits per heavy atom. The molecule has 3 nitrogen and oxygen atoms in total. The van der Waals surface area contributed by atoms with Crippen LogP contribution in [0.4, 0.5) is 0 Å². The number of methoxy groups -OCH3 is 2. The molecule has 7 unspecified atom stereocenters. The minimum absolute atomic E-state index is 0.0476. The summed E-state index contributed by atoms with van der Waals surface area (Å²) < 4.78 is 10.8. The van der Waals surface area contributed by atoms with Crippen LogP contribution < -0.4 is 0 Å². The highest BCUT2D eigenvalue weighted by atomic mass is 16.5. The number of allylic oxidation sites excluding steroid dienone is 2. The van der Waals surface area contributed by atoms with Crippen LogP contribution in [0.15, 0.2) is 12.2 Å². The van der Waals surface area contributed by atoms with E-state index in [1.165, 1.54) is 0 Å². The SMILES string of the molecule is COC(=O)C12C3C=CC(C3)C1C1CC2CC1OC. The van der Waals surface area contributed by atoms with E-state index in [-0.39, 0.29) is 11.4 Å². The molecule has 3 fully saturated rings. The maximum atomic E-state index is 12.5. The van der Waals surface area contributed by atoms with Gasteiger partial charge in [0.25, 0.3) is 0 Å². The van der Waals surface area contributed by atoms with E-state index in [1.807, 2.05) is 7.11 Å². The van der Waals surface area contributed by atoms with Crippen LogP contribution in [-0.4, -0.2) is 26.3 Å². The average molecular weight is 248 g/mol. The van der Waals surface area contributed by atoms with Gasteiger partial charge in [0.05, 0.1) is 18.6 Å². The summed E-state index contributed by atoms with van der Waals surface area (Å²) in [5, 5.41) is 0. The molecule has 3 saturated carbocycles.